The molecule has 2 heterocycles. The SMILES string of the molecule is Cc1[nH]n(CC(C)C)c(=O)c1C(=O)Cn1c(=O)cnc2ccccc21. The predicted molar refractivity (Wildman–Crippen MR) is 95.0 cm³/mol. The first kappa shape index (κ1) is 16.9. The lowest BCUT2D eigenvalue weighted by molar-refractivity contribution is 0.0970. The third-order valence-corrected chi connectivity index (χ3v) is 4.02. The number of rotatable bonds is 5. The summed E-state index contributed by atoms with van der Waals surface area (Å²) in [7, 11) is 0. The van der Waals surface area contributed by atoms with Crippen molar-refractivity contribution in [3.63, 3.8) is 0 Å². The third-order valence-electron chi connectivity index (χ3n) is 4.02. The molecule has 2 aromatic heterocycles. The zero-order valence-corrected chi connectivity index (χ0v) is 14.4. The molecule has 0 radical (unpaired) electrons. The summed E-state index contributed by atoms with van der Waals surface area (Å²) >= 11 is 0. The van der Waals surface area contributed by atoms with Crippen molar-refractivity contribution in [1.82, 2.24) is 19.3 Å². The van der Waals surface area contributed by atoms with Crippen LogP contribution in [-0.2, 0) is 13.1 Å². The smallest absolute Gasteiger partial charge is 0.277 e. The van der Waals surface area contributed by atoms with Crippen LogP contribution in [0.25, 0.3) is 11.0 Å². The van der Waals surface area contributed by atoms with Gasteiger partial charge in [-0.25, -0.2) is 4.98 Å². The summed E-state index contributed by atoms with van der Waals surface area (Å²) < 4.78 is 2.80. The number of aromatic nitrogens is 4. The van der Waals surface area contributed by atoms with E-state index in [2.05, 4.69) is 10.1 Å². The third kappa shape index (κ3) is 3.17. The maximum atomic E-state index is 12.7. The number of fused-ring (bicyclic) bond motifs is 1. The van der Waals surface area contributed by atoms with Crippen LogP contribution in [0.3, 0.4) is 0 Å². The van der Waals surface area contributed by atoms with Crippen LogP contribution in [0.1, 0.15) is 29.9 Å². The van der Waals surface area contributed by atoms with Gasteiger partial charge in [0, 0.05) is 12.2 Å². The Balaban J connectivity index is 2.02. The molecule has 0 fully saturated rings. The van der Waals surface area contributed by atoms with Gasteiger partial charge in [-0.3, -0.25) is 28.7 Å². The Morgan fingerprint density at radius 3 is 2.68 bits per heavy atom. The molecule has 7 heteroatoms. The topological polar surface area (TPSA) is 89.8 Å². The highest BCUT2D eigenvalue weighted by Crippen LogP contribution is 2.10. The van der Waals surface area contributed by atoms with Crippen LogP contribution in [0.2, 0.25) is 0 Å². The number of hydrogen-bond donors (Lipinski definition) is 1. The molecule has 25 heavy (non-hydrogen) atoms. The van der Waals surface area contributed by atoms with Crippen molar-refractivity contribution < 1.29 is 4.79 Å². The van der Waals surface area contributed by atoms with E-state index in [1.807, 2.05) is 19.9 Å². The fourth-order valence-electron chi connectivity index (χ4n) is 2.93. The van der Waals surface area contributed by atoms with Crippen LogP contribution in [0.4, 0.5) is 0 Å². The van der Waals surface area contributed by atoms with E-state index in [0.717, 1.165) is 0 Å². The summed E-state index contributed by atoms with van der Waals surface area (Å²) in [5, 5.41) is 2.95. The van der Waals surface area contributed by atoms with E-state index in [0.29, 0.717) is 23.3 Å². The quantitative estimate of drug-likeness (QED) is 0.716. The van der Waals surface area contributed by atoms with Gasteiger partial charge in [0.25, 0.3) is 11.1 Å². The molecule has 3 aromatic rings. The highest BCUT2D eigenvalue weighted by atomic mass is 16.2. The monoisotopic (exact) mass is 340 g/mol. The molecule has 0 saturated carbocycles. The van der Waals surface area contributed by atoms with Crippen LogP contribution in [-0.4, -0.2) is 25.1 Å². The summed E-state index contributed by atoms with van der Waals surface area (Å²) in [6.45, 7) is 5.99. The molecular weight excluding hydrogens is 320 g/mol. The molecule has 0 aliphatic carbocycles. The molecule has 7 nitrogen and oxygen atoms in total. The molecule has 0 aliphatic rings. The first-order valence-corrected chi connectivity index (χ1v) is 8.15. The van der Waals surface area contributed by atoms with Gasteiger partial charge in [-0.15, -0.1) is 0 Å². The number of H-pyrrole nitrogens is 1. The Morgan fingerprint density at radius 1 is 1.24 bits per heavy atom. The van der Waals surface area contributed by atoms with Crippen molar-refractivity contribution in [3.8, 4) is 0 Å². The van der Waals surface area contributed by atoms with Crippen molar-refractivity contribution >= 4 is 16.8 Å². The van der Waals surface area contributed by atoms with E-state index in [-0.39, 0.29) is 34.9 Å². The predicted octanol–water partition coefficient (Wildman–Crippen LogP) is 1.73. The van der Waals surface area contributed by atoms with Crippen LogP contribution in [0.15, 0.2) is 40.1 Å². The summed E-state index contributed by atoms with van der Waals surface area (Å²) in [6.07, 6.45) is 1.19. The average Bonchev–Trinajstić information content (AvgIpc) is 2.83. The molecule has 3 rings (SSSR count). The molecule has 0 bridgehead atoms. The van der Waals surface area contributed by atoms with Gasteiger partial charge in [-0.2, -0.15) is 0 Å². The van der Waals surface area contributed by atoms with Crippen molar-refractivity contribution in [1.29, 1.82) is 0 Å². The Hall–Kier alpha value is -2.96. The molecule has 130 valence electrons. The normalized spacial score (nSPS) is 11.4. The number of ketones is 1. The van der Waals surface area contributed by atoms with Gasteiger partial charge in [-0.05, 0) is 25.0 Å². The number of hydrogen-bond acceptors (Lipinski definition) is 4. The van der Waals surface area contributed by atoms with Gasteiger partial charge in [-0.1, -0.05) is 26.0 Å². The second-order valence-electron chi connectivity index (χ2n) is 6.52. The van der Waals surface area contributed by atoms with E-state index < -0.39 is 0 Å². The fourth-order valence-corrected chi connectivity index (χ4v) is 2.93. The molecular formula is C18H20N4O3. The van der Waals surface area contributed by atoms with Gasteiger partial charge in [0.1, 0.15) is 5.56 Å². The number of carbonyl (C=O) groups is 1. The number of aromatic amines is 1. The van der Waals surface area contributed by atoms with Gasteiger partial charge in [0.05, 0.1) is 23.8 Å². The van der Waals surface area contributed by atoms with Gasteiger partial charge >= 0.3 is 0 Å². The van der Waals surface area contributed by atoms with Crippen LogP contribution in [0, 0.1) is 12.8 Å². The van der Waals surface area contributed by atoms with Gasteiger partial charge in [0.2, 0.25) is 0 Å². The Bertz CT molecular complexity index is 1060. The first-order valence-electron chi connectivity index (χ1n) is 8.15. The number of Topliss-reactive ketones (excluding diaryl/α,β-unsaturated/α-hetero) is 1. The molecule has 0 amide bonds. The van der Waals surface area contributed by atoms with E-state index in [4.69, 9.17) is 0 Å². The molecule has 0 saturated heterocycles. The van der Waals surface area contributed by atoms with E-state index >= 15 is 0 Å². The molecule has 1 N–H and O–H groups in total. The minimum absolute atomic E-state index is 0.105. The molecule has 0 unspecified atom stereocenters. The maximum absolute atomic E-state index is 12.7. The highest BCUT2D eigenvalue weighted by molar-refractivity contribution is 5.97. The Kier molecular flexibility index (Phi) is 4.39. The van der Waals surface area contributed by atoms with Crippen molar-refractivity contribution in [3.05, 3.63) is 62.4 Å². The van der Waals surface area contributed by atoms with Crippen LogP contribution in [0.5, 0.6) is 0 Å². The lowest BCUT2D eigenvalue weighted by Gasteiger charge is -2.08. The van der Waals surface area contributed by atoms with Crippen LogP contribution >= 0.6 is 0 Å². The van der Waals surface area contributed by atoms with Crippen molar-refractivity contribution in [2.24, 2.45) is 5.92 Å². The zero-order valence-electron chi connectivity index (χ0n) is 14.4. The van der Waals surface area contributed by atoms with E-state index in [1.165, 1.54) is 15.4 Å². The van der Waals surface area contributed by atoms with E-state index in [1.54, 1.807) is 25.1 Å². The summed E-state index contributed by atoms with van der Waals surface area (Å²) in [4.78, 5) is 41.5. The Morgan fingerprint density at radius 2 is 1.96 bits per heavy atom. The highest BCUT2D eigenvalue weighted by Gasteiger charge is 2.20. The largest absolute Gasteiger partial charge is 0.299 e. The van der Waals surface area contributed by atoms with E-state index in [9.17, 15) is 14.4 Å². The van der Waals surface area contributed by atoms with Crippen molar-refractivity contribution in [2.45, 2.75) is 33.9 Å². The number of nitrogens with zero attached hydrogens (tertiary/aromatic N) is 3. The molecule has 0 aliphatic heterocycles. The van der Waals surface area contributed by atoms with Gasteiger partial charge in [0.15, 0.2) is 5.78 Å². The number of aryl methyl sites for hydroxylation is 1. The maximum Gasteiger partial charge on any atom is 0.277 e. The summed E-state index contributed by atoms with van der Waals surface area (Å²) in [5.74, 6) is -0.120. The number of carbonyl (C=O) groups excluding carboxylic acids is 1. The zero-order chi connectivity index (χ0) is 18.1. The first-order chi connectivity index (χ1) is 11.9. The molecule has 1 aromatic carbocycles. The summed E-state index contributed by atoms with van der Waals surface area (Å²) in [5.41, 5.74) is 1.10. The minimum atomic E-state index is -0.389. The number of para-hydroxylation sites is 2. The standard InChI is InChI=1S/C18H20N4O3/c1-11(2)9-22-18(25)17(12(3)20-22)15(23)10-21-14-7-5-4-6-13(14)19-8-16(21)24/h4-8,11,20H,9-10H2,1-3H3. The number of nitrogens with one attached hydrogen (secondary N) is 1. The molecule has 0 atom stereocenters. The molecule has 0 spiro atoms. The fraction of sp³-hybridized carbons (Fsp3) is 0.333. The average molecular weight is 340 g/mol. The van der Waals surface area contributed by atoms with Crippen molar-refractivity contribution in [2.75, 3.05) is 0 Å². The van der Waals surface area contributed by atoms with Gasteiger partial charge < -0.3 is 0 Å². The summed E-state index contributed by atoms with van der Waals surface area (Å²) in [6, 6.07) is 7.10. The number of benzene rings is 1. The van der Waals surface area contributed by atoms with Crippen LogP contribution < -0.4 is 11.1 Å². The second-order valence-corrected chi connectivity index (χ2v) is 6.52. The lowest BCUT2D eigenvalue weighted by atomic mass is 10.1. The second kappa shape index (κ2) is 6.51. The lowest BCUT2D eigenvalue weighted by Crippen LogP contribution is -2.29. The Labute approximate surface area is 143 Å². The minimum Gasteiger partial charge on any atom is -0.299 e.